The molecule has 3 unspecified atom stereocenters. The monoisotopic (exact) mass is 450 g/mol. The molecule has 0 spiro atoms. The summed E-state index contributed by atoms with van der Waals surface area (Å²) in [6.07, 6.45) is 2.73. The van der Waals surface area contributed by atoms with Gasteiger partial charge < -0.3 is 4.74 Å². The molecule has 172 valence electrons. The Bertz CT molecular complexity index is 1140. The van der Waals surface area contributed by atoms with Gasteiger partial charge in [0.2, 0.25) is 0 Å². The average Bonchev–Trinajstić information content (AvgIpc) is 3.03. The molecular formula is C25H26N2O6. The normalized spacial score (nSPS) is 22.4. The number of ether oxygens (including phenoxy) is 1. The summed E-state index contributed by atoms with van der Waals surface area (Å²) in [6, 6.07) is 10.0. The van der Waals surface area contributed by atoms with Crippen molar-refractivity contribution < 1.29 is 24.0 Å². The number of carbonyl (C=O) groups is 3. The fourth-order valence-electron chi connectivity index (χ4n) is 4.88. The van der Waals surface area contributed by atoms with Gasteiger partial charge in [0.1, 0.15) is 11.7 Å². The molecule has 0 aromatic heterocycles. The van der Waals surface area contributed by atoms with Crippen molar-refractivity contribution >= 4 is 29.2 Å². The van der Waals surface area contributed by atoms with E-state index in [0.29, 0.717) is 11.8 Å². The number of fused-ring (bicyclic) bond motifs is 1. The third-order valence-corrected chi connectivity index (χ3v) is 6.65. The molecule has 8 nitrogen and oxygen atoms in total. The van der Waals surface area contributed by atoms with Gasteiger partial charge >= 0.3 is 5.97 Å². The second-order valence-corrected chi connectivity index (χ2v) is 9.22. The van der Waals surface area contributed by atoms with Crippen molar-refractivity contribution in [2.75, 3.05) is 4.90 Å². The minimum absolute atomic E-state index is 0.0295. The topological polar surface area (TPSA) is 107 Å². The van der Waals surface area contributed by atoms with Crippen LogP contribution in [-0.2, 0) is 4.74 Å². The molecule has 2 aromatic carbocycles. The molecule has 8 heteroatoms. The first-order chi connectivity index (χ1) is 15.7. The standard InChI is InChI=1S/C25H26N2O6/c1-14(2)18-11-10-15(3)12-21(18)33-25(30)16-6-4-7-17(13-16)26-23(28)19-8-5-9-20(27(31)32)22(19)24(26)29/h4-9,13-15,18,21H,10-12H2,1-3H3. The number of hydrogen-bond donors (Lipinski definition) is 0. The number of rotatable bonds is 5. The van der Waals surface area contributed by atoms with E-state index in [1.54, 1.807) is 12.1 Å². The second-order valence-electron chi connectivity index (χ2n) is 9.22. The molecule has 2 aliphatic rings. The SMILES string of the molecule is CC1CCC(C(C)C)C(OC(=O)c2cccc(N3C(=O)c4cccc([N+](=O)[O-])c4C3=O)c2)C1. The highest BCUT2D eigenvalue weighted by Crippen LogP contribution is 2.37. The van der Waals surface area contributed by atoms with Crippen molar-refractivity contribution in [2.45, 2.75) is 46.1 Å². The van der Waals surface area contributed by atoms with Gasteiger partial charge in [-0.05, 0) is 54.9 Å². The van der Waals surface area contributed by atoms with Crippen molar-refractivity contribution in [1.82, 2.24) is 0 Å². The second kappa shape index (κ2) is 8.77. The lowest BCUT2D eigenvalue weighted by atomic mass is 9.75. The van der Waals surface area contributed by atoms with Gasteiger partial charge in [0.05, 0.1) is 21.7 Å². The number of nitro groups is 1. The molecule has 2 amide bonds. The first-order valence-electron chi connectivity index (χ1n) is 11.2. The zero-order chi connectivity index (χ0) is 23.9. The quantitative estimate of drug-likeness (QED) is 0.274. The number of anilines is 1. The third kappa shape index (κ3) is 4.13. The Kier molecular flexibility index (Phi) is 6.01. The van der Waals surface area contributed by atoms with Crippen LogP contribution in [-0.4, -0.2) is 28.8 Å². The summed E-state index contributed by atoms with van der Waals surface area (Å²) in [5.74, 6) is -0.817. The molecule has 33 heavy (non-hydrogen) atoms. The van der Waals surface area contributed by atoms with Gasteiger partial charge in [-0.2, -0.15) is 0 Å². The van der Waals surface area contributed by atoms with Gasteiger partial charge in [0.15, 0.2) is 0 Å². The number of hydrogen-bond acceptors (Lipinski definition) is 6. The van der Waals surface area contributed by atoms with Crippen molar-refractivity contribution in [3.63, 3.8) is 0 Å². The van der Waals surface area contributed by atoms with Crippen LogP contribution >= 0.6 is 0 Å². The third-order valence-electron chi connectivity index (χ3n) is 6.65. The highest BCUT2D eigenvalue weighted by atomic mass is 16.6. The van der Waals surface area contributed by atoms with Crippen LogP contribution in [0.3, 0.4) is 0 Å². The van der Waals surface area contributed by atoms with Gasteiger partial charge in [-0.1, -0.05) is 39.3 Å². The molecule has 0 radical (unpaired) electrons. The molecule has 2 aromatic rings. The Balaban J connectivity index is 1.60. The summed E-state index contributed by atoms with van der Waals surface area (Å²) in [4.78, 5) is 50.4. The average molecular weight is 450 g/mol. The van der Waals surface area contributed by atoms with Crippen LogP contribution in [0, 0.1) is 27.9 Å². The van der Waals surface area contributed by atoms with E-state index in [0.717, 1.165) is 24.2 Å². The van der Waals surface area contributed by atoms with Crippen LogP contribution < -0.4 is 4.90 Å². The molecule has 0 saturated heterocycles. The number of esters is 1. The number of carbonyl (C=O) groups excluding carboxylic acids is 3. The van der Waals surface area contributed by atoms with E-state index in [9.17, 15) is 24.5 Å². The zero-order valence-corrected chi connectivity index (χ0v) is 18.8. The predicted molar refractivity (Wildman–Crippen MR) is 121 cm³/mol. The summed E-state index contributed by atoms with van der Waals surface area (Å²) in [6.45, 7) is 6.41. The van der Waals surface area contributed by atoms with E-state index in [1.807, 2.05) is 0 Å². The van der Waals surface area contributed by atoms with E-state index >= 15 is 0 Å². The maximum Gasteiger partial charge on any atom is 0.338 e. The molecule has 1 fully saturated rings. The number of nitro benzene ring substituents is 1. The van der Waals surface area contributed by atoms with Crippen LogP contribution in [0.1, 0.15) is 71.1 Å². The van der Waals surface area contributed by atoms with Crippen LogP contribution in [0.25, 0.3) is 0 Å². The Morgan fingerprint density at radius 3 is 2.55 bits per heavy atom. The Morgan fingerprint density at radius 1 is 1.12 bits per heavy atom. The summed E-state index contributed by atoms with van der Waals surface area (Å²) in [7, 11) is 0. The van der Waals surface area contributed by atoms with Crippen LogP contribution in [0.4, 0.5) is 11.4 Å². The van der Waals surface area contributed by atoms with Crippen molar-refractivity contribution in [3.05, 3.63) is 69.3 Å². The maximum absolute atomic E-state index is 13.0. The number of benzene rings is 2. The molecule has 1 aliphatic heterocycles. The van der Waals surface area contributed by atoms with Gasteiger partial charge in [-0.15, -0.1) is 0 Å². The van der Waals surface area contributed by atoms with Crippen LogP contribution in [0.15, 0.2) is 42.5 Å². The Labute approximate surface area is 191 Å². The maximum atomic E-state index is 13.0. The summed E-state index contributed by atoms with van der Waals surface area (Å²) >= 11 is 0. The molecule has 4 rings (SSSR count). The molecule has 0 bridgehead atoms. The Hall–Kier alpha value is -3.55. The lowest BCUT2D eigenvalue weighted by Gasteiger charge is -2.36. The highest BCUT2D eigenvalue weighted by molar-refractivity contribution is 6.35. The summed E-state index contributed by atoms with van der Waals surface area (Å²) < 4.78 is 5.89. The van der Waals surface area contributed by atoms with Gasteiger partial charge in [0.25, 0.3) is 17.5 Å². The summed E-state index contributed by atoms with van der Waals surface area (Å²) in [5, 5.41) is 11.3. The van der Waals surface area contributed by atoms with E-state index in [1.165, 1.54) is 30.3 Å². The minimum Gasteiger partial charge on any atom is -0.458 e. The minimum atomic E-state index is -0.784. The zero-order valence-electron chi connectivity index (χ0n) is 18.8. The molecule has 1 heterocycles. The first kappa shape index (κ1) is 22.6. The van der Waals surface area contributed by atoms with Crippen LogP contribution in [0.2, 0.25) is 0 Å². The van der Waals surface area contributed by atoms with E-state index in [-0.39, 0.29) is 34.4 Å². The van der Waals surface area contributed by atoms with E-state index in [2.05, 4.69) is 20.8 Å². The van der Waals surface area contributed by atoms with Crippen molar-refractivity contribution in [2.24, 2.45) is 17.8 Å². The van der Waals surface area contributed by atoms with Gasteiger partial charge in [-0.25, -0.2) is 9.69 Å². The van der Waals surface area contributed by atoms with Crippen molar-refractivity contribution in [1.29, 1.82) is 0 Å². The van der Waals surface area contributed by atoms with E-state index < -0.39 is 28.4 Å². The largest absolute Gasteiger partial charge is 0.458 e. The fourth-order valence-corrected chi connectivity index (χ4v) is 4.88. The molecule has 1 saturated carbocycles. The molecule has 3 atom stereocenters. The predicted octanol–water partition coefficient (Wildman–Crippen LogP) is 5.01. The first-order valence-corrected chi connectivity index (χ1v) is 11.2. The smallest absolute Gasteiger partial charge is 0.338 e. The number of amides is 2. The number of nitrogens with zero attached hydrogens (tertiary/aromatic N) is 2. The molecular weight excluding hydrogens is 424 g/mol. The summed E-state index contributed by atoms with van der Waals surface area (Å²) in [5.41, 5.74) is -0.300. The van der Waals surface area contributed by atoms with Crippen molar-refractivity contribution in [3.8, 4) is 0 Å². The Morgan fingerprint density at radius 2 is 1.85 bits per heavy atom. The molecule has 0 N–H and O–H groups in total. The van der Waals surface area contributed by atoms with E-state index in [4.69, 9.17) is 4.74 Å². The number of imide groups is 1. The lowest BCUT2D eigenvalue weighted by molar-refractivity contribution is -0.385. The van der Waals surface area contributed by atoms with Gasteiger partial charge in [0, 0.05) is 6.07 Å². The molecule has 1 aliphatic carbocycles. The fraction of sp³-hybridized carbons (Fsp3) is 0.400. The van der Waals surface area contributed by atoms with Gasteiger partial charge in [-0.3, -0.25) is 19.7 Å². The lowest BCUT2D eigenvalue weighted by Crippen LogP contribution is -2.36. The van der Waals surface area contributed by atoms with Crippen LogP contribution in [0.5, 0.6) is 0 Å². The highest BCUT2D eigenvalue weighted by Gasteiger charge is 2.42.